The number of carbonyl (C=O) groups excluding carboxylic acids is 1. The number of likely N-dealkylation sites (tertiary alicyclic amines) is 1. The van der Waals surface area contributed by atoms with Gasteiger partial charge in [0.2, 0.25) is 5.91 Å². The van der Waals surface area contributed by atoms with Gasteiger partial charge in [0.15, 0.2) is 0 Å². The number of nitrogens with zero attached hydrogens (tertiary/aromatic N) is 2. The molecule has 2 heterocycles. The van der Waals surface area contributed by atoms with Crippen LogP contribution >= 0.6 is 10.8 Å². The van der Waals surface area contributed by atoms with Crippen LogP contribution in [0.1, 0.15) is 34.7 Å². The molecule has 0 aliphatic carbocycles. The highest BCUT2D eigenvalue weighted by molar-refractivity contribution is 8.25. The van der Waals surface area contributed by atoms with Crippen LogP contribution in [0.5, 0.6) is 0 Å². The van der Waals surface area contributed by atoms with Crippen molar-refractivity contribution in [1.82, 2.24) is 9.80 Å². The topological polar surface area (TPSA) is 96.3 Å². The Balaban J connectivity index is 1.55. The number of β-amino-alcohol motifs (C(OH)–C–C–N with tert-alkyl or cyclic N) is 1. The average Bonchev–Trinajstić information content (AvgIpc) is 3.31. The predicted octanol–water partition coefficient (Wildman–Crippen LogP) is 4.11. The summed E-state index contributed by atoms with van der Waals surface area (Å²) in [4.78, 5) is 16.6. The molecule has 0 saturated carbocycles. The SMILES string of the molecule is CN(C(=O)Cc1ccc2c(c1)NS(O)(O)C2)[C@H](CN1CCC(O)C1)c1cccc(C(F)(F)F)c1. The number of halogens is 3. The summed E-state index contributed by atoms with van der Waals surface area (Å²) >= 11 is 0. The third kappa shape index (κ3) is 5.66. The van der Waals surface area contributed by atoms with Crippen LogP contribution in [0.4, 0.5) is 18.9 Å². The standard InChI is InChI=1S/C23H28F3N3O4S/c1-28(22(31)10-15-5-6-17-14-34(32,33)27-20(17)9-15)21(13-29-8-7-19(30)12-29)16-3-2-4-18(11-16)23(24,25)26/h2-6,9,11,19,21,27,30,32-33H,7-8,10,12-14H2,1H3/t19?,21-/m1/s1. The minimum atomic E-state index is -4.50. The molecule has 0 spiro atoms. The number of anilines is 1. The van der Waals surface area contributed by atoms with Crippen molar-refractivity contribution in [3.05, 3.63) is 64.7 Å². The average molecular weight is 500 g/mol. The van der Waals surface area contributed by atoms with Gasteiger partial charge in [-0.15, -0.1) is 10.8 Å². The fourth-order valence-electron chi connectivity index (χ4n) is 4.45. The molecule has 1 fully saturated rings. The van der Waals surface area contributed by atoms with Gasteiger partial charge in [0, 0.05) is 26.7 Å². The van der Waals surface area contributed by atoms with Crippen LogP contribution in [0.15, 0.2) is 42.5 Å². The summed E-state index contributed by atoms with van der Waals surface area (Å²) in [7, 11) is -1.34. The van der Waals surface area contributed by atoms with Crippen molar-refractivity contribution in [2.75, 3.05) is 31.4 Å². The molecule has 2 aromatic rings. The van der Waals surface area contributed by atoms with E-state index in [0.717, 1.165) is 17.7 Å². The van der Waals surface area contributed by atoms with Gasteiger partial charge in [0.1, 0.15) is 0 Å². The Morgan fingerprint density at radius 1 is 1.26 bits per heavy atom. The molecule has 186 valence electrons. The Kier molecular flexibility index (Phi) is 6.85. The first kappa shape index (κ1) is 24.8. The highest BCUT2D eigenvalue weighted by atomic mass is 32.3. The summed E-state index contributed by atoms with van der Waals surface area (Å²) in [5.74, 6) is -0.179. The van der Waals surface area contributed by atoms with E-state index in [2.05, 4.69) is 4.72 Å². The second-order valence-electron chi connectivity index (χ2n) is 8.93. The summed E-state index contributed by atoms with van der Waals surface area (Å²) in [6.07, 6.45) is -4.41. The monoisotopic (exact) mass is 499 g/mol. The van der Waals surface area contributed by atoms with E-state index in [1.807, 2.05) is 4.90 Å². The maximum atomic E-state index is 13.3. The van der Waals surface area contributed by atoms with Crippen molar-refractivity contribution in [2.24, 2.45) is 0 Å². The quantitative estimate of drug-likeness (QED) is 0.478. The largest absolute Gasteiger partial charge is 0.416 e. The minimum absolute atomic E-state index is 0.00272. The molecule has 2 aliphatic rings. The predicted molar refractivity (Wildman–Crippen MR) is 124 cm³/mol. The molecule has 0 radical (unpaired) electrons. The number of aliphatic hydroxyl groups is 1. The summed E-state index contributed by atoms with van der Waals surface area (Å²) in [6.45, 7) is 1.30. The van der Waals surface area contributed by atoms with Crippen LogP contribution in [-0.2, 0) is 23.1 Å². The van der Waals surface area contributed by atoms with Gasteiger partial charge in [-0.25, -0.2) is 0 Å². The summed E-state index contributed by atoms with van der Waals surface area (Å²) < 4.78 is 62.4. The van der Waals surface area contributed by atoms with Gasteiger partial charge in [-0.05, 0) is 41.3 Å². The fraction of sp³-hybridized carbons (Fsp3) is 0.435. The van der Waals surface area contributed by atoms with E-state index in [9.17, 15) is 32.2 Å². The molecule has 2 atom stereocenters. The molecule has 11 heteroatoms. The smallest absolute Gasteiger partial charge is 0.392 e. The lowest BCUT2D eigenvalue weighted by Gasteiger charge is -2.32. The first-order valence-electron chi connectivity index (χ1n) is 10.9. The van der Waals surface area contributed by atoms with Gasteiger partial charge in [-0.1, -0.05) is 24.3 Å². The molecule has 2 aromatic carbocycles. The van der Waals surface area contributed by atoms with Crippen LogP contribution in [0.3, 0.4) is 0 Å². The van der Waals surface area contributed by atoms with Gasteiger partial charge in [0.25, 0.3) is 0 Å². The normalized spacial score (nSPS) is 21.6. The molecule has 4 rings (SSSR count). The Morgan fingerprint density at radius 2 is 2.03 bits per heavy atom. The van der Waals surface area contributed by atoms with Crippen molar-refractivity contribution < 1.29 is 32.2 Å². The van der Waals surface area contributed by atoms with Crippen molar-refractivity contribution in [3.8, 4) is 0 Å². The number of aliphatic hydroxyl groups excluding tert-OH is 1. The number of alkyl halides is 3. The molecule has 1 unspecified atom stereocenters. The van der Waals surface area contributed by atoms with E-state index in [4.69, 9.17) is 0 Å². The van der Waals surface area contributed by atoms with Crippen molar-refractivity contribution >= 4 is 22.4 Å². The van der Waals surface area contributed by atoms with Gasteiger partial charge in [-0.2, -0.15) is 13.2 Å². The lowest BCUT2D eigenvalue weighted by atomic mass is 10.0. The van der Waals surface area contributed by atoms with Gasteiger partial charge >= 0.3 is 6.18 Å². The van der Waals surface area contributed by atoms with Gasteiger partial charge in [0.05, 0.1) is 35.6 Å². The maximum Gasteiger partial charge on any atom is 0.416 e. The summed E-state index contributed by atoms with van der Waals surface area (Å²) in [5, 5.41) is 9.88. The van der Waals surface area contributed by atoms with E-state index in [-0.39, 0.29) is 18.1 Å². The van der Waals surface area contributed by atoms with Crippen LogP contribution in [-0.4, -0.2) is 62.7 Å². The van der Waals surface area contributed by atoms with Crippen molar-refractivity contribution in [2.45, 2.75) is 36.9 Å². The molecular formula is C23H28F3N3O4S. The van der Waals surface area contributed by atoms with Gasteiger partial charge in [-0.3, -0.25) is 23.5 Å². The molecule has 7 nitrogen and oxygen atoms in total. The number of rotatable bonds is 6. The van der Waals surface area contributed by atoms with E-state index in [1.165, 1.54) is 11.0 Å². The van der Waals surface area contributed by atoms with Crippen LogP contribution in [0.2, 0.25) is 0 Å². The Bertz CT molecular complexity index is 1070. The van der Waals surface area contributed by atoms with Crippen molar-refractivity contribution in [1.29, 1.82) is 0 Å². The van der Waals surface area contributed by atoms with E-state index in [1.54, 1.807) is 31.3 Å². The lowest BCUT2D eigenvalue weighted by molar-refractivity contribution is -0.137. The van der Waals surface area contributed by atoms with Crippen molar-refractivity contribution in [3.63, 3.8) is 0 Å². The molecule has 1 amide bonds. The third-order valence-corrected chi connectivity index (χ3v) is 7.56. The number of fused-ring (bicyclic) bond motifs is 1. The molecule has 1 saturated heterocycles. The molecule has 2 aliphatic heterocycles. The number of nitrogens with one attached hydrogen (secondary N) is 1. The number of hydrogen-bond acceptors (Lipinski definition) is 6. The number of carbonyl (C=O) groups is 1. The van der Waals surface area contributed by atoms with E-state index >= 15 is 0 Å². The van der Waals surface area contributed by atoms with Crippen LogP contribution < -0.4 is 4.72 Å². The molecular weight excluding hydrogens is 471 g/mol. The molecule has 0 bridgehead atoms. The third-order valence-electron chi connectivity index (χ3n) is 6.30. The first-order valence-corrected chi connectivity index (χ1v) is 12.6. The van der Waals surface area contributed by atoms with E-state index < -0.39 is 34.7 Å². The second-order valence-corrected chi connectivity index (χ2v) is 10.8. The molecule has 0 aromatic heterocycles. The zero-order valence-electron chi connectivity index (χ0n) is 18.6. The Morgan fingerprint density at radius 3 is 2.71 bits per heavy atom. The Hall–Kier alpha value is -2.31. The first-order chi connectivity index (χ1) is 15.9. The zero-order valence-corrected chi connectivity index (χ0v) is 19.4. The fourth-order valence-corrected chi connectivity index (χ4v) is 5.75. The van der Waals surface area contributed by atoms with Crippen LogP contribution in [0.25, 0.3) is 0 Å². The van der Waals surface area contributed by atoms with E-state index in [0.29, 0.717) is 42.9 Å². The highest BCUT2D eigenvalue weighted by Crippen LogP contribution is 2.50. The number of benzene rings is 2. The second kappa shape index (κ2) is 9.38. The number of likely N-dealkylation sites (N-methyl/N-ethyl adjacent to an activating group) is 1. The summed E-state index contributed by atoms with van der Waals surface area (Å²) in [5.41, 5.74) is 1.56. The Labute approximate surface area is 197 Å². The van der Waals surface area contributed by atoms with Gasteiger partial charge < -0.3 is 10.0 Å². The maximum absolute atomic E-state index is 13.3. The summed E-state index contributed by atoms with van der Waals surface area (Å²) in [6, 6.07) is 9.53. The lowest BCUT2D eigenvalue weighted by Crippen LogP contribution is -2.39. The minimum Gasteiger partial charge on any atom is -0.392 e. The molecule has 4 N–H and O–H groups in total. The zero-order chi connectivity index (χ0) is 24.7. The number of hydrogen-bond donors (Lipinski definition) is 4. The van der Waals surface area contributed by atoms with Crippen LogP contribution in [0, 0.1) is 0 Å². The highest BCUT2D eigenvalue weighted by Gasteiger charge is 2.33. The number of amides is 1. The molecule has 34 heavy (non-hydrogen) atoms.